The predicted molar refractivity (Wildman–Crippen MR) is 92.0 cm³/mol. The maximum atomic E-state index is 11.8. The predicted octanol–water partition coefficient (Wildman–Crippen LogP) is 2.03. The first-order chi connectivity index (χ1) is 9.69. The minimum Gasteiger partial charge on any atom is -0.319 e. The van der Waals surface area contributed by atoms with Crippen LogP contribution in [0.1, 0.15) is 17.8 Å². The average molecular weight is 346 g/mol. The maximum Gasteiger partial charge on any atom is 0.226 e. The molecule has 0 saturated carbocycles. The smallest absolute Gasteiger partial charge is 0.226 e. The van der Waals surface area contributed by atoms with E-state index >= 15 is 0 Å². The normalized spacial score (nSPS) is 9.55. The number of amides is 1. The first-order valence-electron chi connectivity index (χ1n) is 6.58. The Morgan fingerprint density at radius 1 is 1.32 bits per heavy atom. The van der Waals surface area contributed by atoms with Gasteiger partial charge in [0.15, 0.2) is 0 Å². The number of aryl methyl sites for hydroxylation is 1. The molecule has 0 aliphatic carbocycles. The summed E-state index contributed by atoms with van der Waals surface area (Å²) in [6.07, 6.45) is 2.18. The van der Waals surface area contributed by atoms with Crippen LogP contribution in [0, 0.1) is 6.92 Å². The number of carbonyl (C=O) groups excluding carboxylic acids is 1. The molecule has 0 atom stereocenters. The number of hydrogen-bond acceptors (Lipinski definition) is 4. The maximum absolute atomic E-state index is 11.8. The lowest BCUT2D eigenvalue weighted by Gasteiger charge is -2.08. The van der Waals surface area contributed by atoms with E-state index in [1.807, 2.05) is 38.2 Å². The van der Waals surface area contributed by atoms with E-state index in [9.17, 15) is 4.79 Å². The molecule has 0 saturated heterocycles. The van der Waals surface area contributed by atoms with E-state index in [4.69, 9.17) is 0 Å². The Balaban J connectivity index is 0.00000220. The summed E-state index contributed by atoms with van der Waals surface area (Å²) in [7, 11) is 1.82. The second-order valence-corrected chi connectivity index (χ2v) is 4.55. The van der Waals surface area contributed by atoms with Crippen LogP contribution >= 0.6 is 24.8 Å². The summed E-state index contributed by atoms with van der Waals surface area (Å²) in [5, 5.41) is 10.2. The van der Waals surface area contributed by atoms with Gasteiger partial charge in [-0.2, -0.15) is 5.10 Å². The SMILES string of the molecule is CNCCC(=O)Nc1cc(C)nn1Cc1ccccn1.Cl.Cl. The van der Waals surface area contributed by atoms with E-state index in [0.717, 1.165) is 11.4 Å². The lowest BCUT2D eigenvalue weighted by atomic mass is 10.3. The van der Waals surface area contributed by atoms with Gasteiger partial charge in [-0.3, -0.25) is 9.78 Å². The molecule has 22 heavy (non-hydrogen) atoms. The minimum atomic E-state index is -0.0264. The summed E-state index contributed by atoms with van der Waals surface area (Å²) in [4.78, 5) is 16.0. The van der Waals surface area contributed by atoms with Crippen molar-refractivity contribution in [2.75, 3.05) is 18.9 Å². The highest BCUT2D eigenvalue weighted by molar-refractivity contribution is 5.90. The van der Waals surface area contributed by atoms with Crippen LogP contribution in [0.2, 0.25) is 0 Å². The number of anilines is 1. The molecule has 0 bridgehead atoms. The van der Waals surface area contributed by atoms with Crippen molar-refractivity contribution in [2.45, 2.75) is 19.9 Å². The second kappa shape index (κ2) is 10.2. The van der Waals surface area contributed by atoms with Crippen LogP contribution in [0.3, 0.4) is 0 Å². The molecule has 8 heteroatoms. The summed E-state index contributed by atoms with van der Waals surface area (Å²) in [5.74, 6) is 0.677. The van der Waals surface area contributed by atoms with Gasteiger partial charge in [-0.05, 0) is 26.1 Å². The lowest BCUT2D eigenvalue weighted by Crippen LogP contribution is -2.20. The van der Waals surface area contributed by atoms with Gasteiger partial charge in [0.25, 0.3) is 0 Å². The second-order valence-electron chi connectivity index (χ2n) is 4.55. The Kier molecular flexibility index (Phi) is 9.40. The molecule has 0 unspecified atom stereocenters. The number of nitrogens with zero attached hydrogens (tertiary/aromatic N) is 3. The molecule has 6 nitrogen and oxygen atoms in total. The van der Waals surface area contributed by atoms with Crippen molar-refractivity contribution < 1.29 is 4.79 Å². The Bertz CT molecular complexity index is 574. The van der Waals surface area contributed by atoms with Crippen LogP contribution in [0.4, 0.5) is 5.82 Å². The van der Waals surface area contributed by atoms with Gasteiger partial charge in [0.1, 0.15) is 5.82 Å². The zero-order chi connectivity index (χ0) is 14.4. The Morgan fingerprint density at radius 3 is 2.73 bits per heavy atom. The van der Waals surface area contributed by atoms with Crippen molar-refractivity contribution in [2.24, 2.45) is 0 Å². The summed E-state index contributed by atoms with van der Waals surface area (Å²) < 4.78 is 1.76. The Morgan fingerprint density at radius 2 is 2.09 bits per heavy atom. The van der Waals surface area contributed by atoms with Gasteiger partial charge in [-0.15, -0.1) is 24.8 Å². The molecular weight excluding hydrogens is 325 g/mol. The molecule has 0 aliphatic rings. The highest BCUT2D eigenvalue weighted by Crippen LogP contribution is 2.12. The third-order valence-electron chi connectivity index (χ3n) is 2.81. The summed E-state index contributed by atoms with van der Waals surface area (Å²) in [6, 6.07) is 7.60. The van der Waals surface area contributed by atoms with Gasteiger partial charge < -0.3 is 10.6 Å². The number of rotatable bonds is 6. The van der Waals surface area contributed by atoms with Crippen LogP contribution in [-0.4, -0.2) is 34.3 Å². The third kappa shape index (κ3) is 6.01. The third-order valence-corrected chi connectivity index (χ3v) is 2.81. The molecular formula is C14H21Cl2N5O. The fourth-order valence-electron chi connectivity index (χ4n) is 1.86. The number of pyridine rings is 1. The summed E-state index contributed by atoms with van der Waals surface area (Å²) >= 11 is 0. The molecule has 0 spiro atoms. The monoisotopic (exact) mass is 345 g/mol. The van der Waals surface area contributed by atoms with E-state index in [1.165, 1.54) is 0 Å². The van der Waals surface area contributed by atoms with Gasteiger partial charge in [-0.1, -0.05) is 6.07 Å². The van der Waals surface area contributed by atoms with E-state index in [1.54, 1.807) is 10.9 Å². The molecule has 0 radical (unpaired) electrons. The highest BCUT2D eigenvalue weighted by Gasteiger charge is 2.09. The molecule has 2 rings (SSSR count). The number of aromatic nitrogens is 3. The van der Waals surface area contributed by atoms with Crippen molar-refractivity contribution in [1.82, 2.24) is 20.1 Å². The van der Waals surface area contributed by atoms with Crippen LogP contribution < -0.4 is 10.6 Å². The largest absolute Gasteiger partial charge is 0.319 e. The van der Waals surface area contributed by atoms with Crippen molar-refractivity contribution in [1.29, 1.82) is 0 Å². The van der Waals surface area contributed by atoms with Gasteiger partial charge in [0.2, 0.25) is 5.91 Å². The van der Waals surface area contributed by atoms with Crippen molar-refractivity contribution in [3.8, 4) is 0 Å². The van der Waals surface area contributed by atoms with E-state index in [0.29, 0.717) is 25.3 Å². The Hall–Kier alpha value is -1.63. The first-order valence-corrected chi connectivity index (χ1v) is 6.58. The van der Waals surface area contributed by atoms with Crippen molar-refractivity contribution in [3.05, 3.63) is 41.9 Å². The van der Waals surface area contributed by atoms with Crippen LogP contribution in [0.25, 0.3) is 0 Å². The van der Waals surface area contributed by atoms with E-state index < -0.39 is 0 Å². The van der Waals surface area contributed by atoms with E-state index in [2.05, 4.69) is 20.7 Å². The molecule has 2 aromatic heterocycles. The van der Waals surface area contributed by atoms with Crippen LogP contribution in [0.15, 0.2) is 30.5 Å². The standard InChI is InChI=1S/C14H19N5O.2ClH/c1-11-9-13(17-14(20)6-8-15-2)19(18-11)10-12-5-3-4-7-16-12;;/h3-5,7,9,15H,6,8,10H2,1-2H3,(H,17,20);2*1H. The molecule has 2 heterocycles. The Labute approximate surface area is 142 Å². The summed E-state index contributed by atoms with van der Waals surface area (Å²) in [6.45, 7) is 3.09. The number of nitrogens with one attached hydrogen (secondary N) is 2. The number of halogens is 2. The van der Waals surface area contributed by atoms with Crippen LogP contribution in [-0.2, 0) is 11.3 Å². The molecule has 0 aliphatic heterocycles. The fourth-order valence-corrected chi connectivity index (χ4v) is 1.86. The van der Waals surface area contributed by atoms with E-state index in [-0.39, 0.29) is 30.7 Å². The topological polar surface area (TPSA) is 71.8 Å². The van der Waals surface area contributed by atoms with Gasteiger partial charge >= 0.3 is 0 Å². The lowest BCUT2D eigenvalue weighted by molar-refractivity contribution is -0.116. The molecule has 0 aromatic carbocycles. The number of hydrogen-bond donors (Lipinski definition) is 2. The molecule has 2 aromatic rings. The van der Waals surface area contributed by atoms with Gasteiger partial charge in [-0.25, -0.2) is 4.68 Å². The zero-order valence-corrected chi connectivity index (χ0v) is 14.2. The molecule has 0 fully saturated rings. The number of carbonyl (C=O) groups is 1. The average Bonchev–Trinajstić information content (AvgIpc) is 2.77. The minimum absolute atomic E-state index is 0. The van der Waals surface area contributed by atoms with Crippen molar-refractivity contribution in [3.63, 3.8) is 0 Å². The summed E-state index contributed by atoms with van der Waals surface area (Å²) in [5.41, 5.74) is 1.77. The fraction of sp³-hybridized carbons (Fsp3) is 0.357. The first kappa shape index (κ1) is 20.4. The molecule has 2 N–H and O–H groups in total. The molecule has 122 valence electrons. The highest BCUT2D eigenvalue weighted by atomic mass is 35.5. The van der Waals surface area contributed by atoms with Crippen LogP contribution in [0.5, 0.6) is 0 Å². The van der Waals surface area contributed by atoms with Gasteiger partial charge in [0, 0.05) is 25.2 Å². The molecule has 1 amide bonds. The quantitative estimate of drug-likeness (QED) is 0.840. The van der Waals surface area contributed by atoms with Crippen molar-refractivity contribution >= 4 is 36.5 Å². The van der Waals surface area contributed by atoms with Gasteiger partial charge in [0.05, 0.1) is 17.9 Å². The zero-order valence-electron chi connectivity index (χ0n) is 12.6.